The van der Waals surface area contributed by atoms with Crippen molar-refractivity contribution in [1.82, 2.24) is 9.97 Å². The van der Waals surface area contributed by atoms with Crippen LogP contribution in [-0.2, 0) is 11.2 Å². The molecular weight excluding hydrogens is 214 g/mol. The minimum atomic E-state index is -0.0614. The second kappa shape index (κ2) is 4.82. The number of nitrogens with one attached hydrogen (secondary N) is 2. The monoisotopic (exact) mass is 229 g/mol. The predicted octanol–water partition coefficient (Wildman–Crippen LogP) is 2.21. The summed E-state index contributed by atoms with van der Waals surface area (Å²) in [6.07, 6.45) is 3.65. The first-order valence-corrected chi connectivity index (χ1v) is 5.50. The zero-order chi connectivity index (χ0) is 12.3. The van der Waals surface area contributed by atoms with Crippen molar-refractivity contribution in [2.24, 2.45) is 0 Å². The van der Waals surface area contributed by atoms with E-state index in [1.54, 1.807) is 12.4 Å². The maximum absolute atomic E-state index is 11.8. The number of carbonyl (C=O) groups is 1. The molecule has 1 aromatic carbocycles. The van der Waals surface area contributed by atoms with Gasteiger partial charge in [-0.05, 0) is 25.0 Å². The maximum Gasteiger partial charge on any atom is 0.231 e. The quantitative estimate of drug-likeness (QED) is 0.847. The SMILES string of the molecule is Cc1ccc(C)c(CC(=O)Nc2ncc[nH]2)c1. The molecule has 0 bridgehead atoms. The maximum atomic E-state index is 11.8. The molecule has 0 saturated heterocycles. The van der Waals surface area contributed by atoms with Crippen LogP contribution in [0.15, 0.2) is 30.6 Å². The molecule has 2 aromatic rings. The lowest BCUT2D eigenvalue weighted by molar-refractivity contribution is -0.115. The van der Waals surface area contributed by atoms with E-state index in [9.17, 15) is 4.79 Å². The van der Waals surface area contributed by atoms with Gasteiger partial charge in [-0.25, -0.2) is 4.98 Å². The highest BCUT2D eigenvalue weighted by atomic mass is 16.1. The number of rotatable bonds is 3. The third-order valence-corrected chi connectivity index (χ3v) is 2.61. The van der Waals surface area contributed by atoms with Crippen LogP contribution in [0.4, 0.5) is 5.95 Å². The summed E-state index contributed by atoms with van der Waals surface area (Å²) in [6.45, 7) is 4.03. The number of imidazole rings is 1. The minimum absolute atomic E-state index is 0.0614. The van der Waals surface area contributed by atoms with Gasteiger partial charge in [0.1, 0.15) is 0 Å². The molecular formula is C13H15N3O. The van der Waals surface area contributed by atoms with Crippen molar-refractivity contribution in [2.45, 2.75) is 20.3 Å². The third-order valence-electron chi connectivity index (χ3n) is 2.61. The standard InChI is InChI=1S/C13H15N3O/c1-9-3-4-10(2)11(7-9)8-12(17)16-13-14-5-6-15-13/h3-7H,8H2,1-2H3,(H2,14,15,16,17). The molecule has 0 aliphatic heterocycles. The Balaban J connectivity index is 2.05. The number of anilines is 1. The Labute approximate surface area is 100 Å². The summed E-state index contributed by atoms with van der Waals surface area (Å²) in [5.74, 6) is 0.425. The fourth-order valence-electron chi connectivity index (χ4n) is 1.67. The Bertz CT molecular complexity index is 517. The van der Waals surface area contributed by atoms with Gasteiger partial charge in [-0.15, -0.1) is 0 Å². The summed E-state index contributed by atoms with van der Waals surface area (Å²) in [6, 6.07) is 6.12. The number of aromatic nitrogens is 2. The molecule has 0 atom stereocenters. The molecule has 1 aromatic heterocycles. The lowest BCUT2D eigenvalue weighted by atomic mass is 10.0. The highest BCUT2D eigenvalue weighted by Gasteiger charge is 2.07. The van der Waals surface area contributed by atoms with E-state index in [2.05, 4.69) is 15.3 Å². The Kier molecular flexibility index (Phi) is 3.23. The fourth-order valence-corrected chi connectivity index (χ4v) is 1.67. The van der Waals surface area contributed by atoms with Crippen LogP contribution in [0.5, 0.6) is 0 Å². The lowest BCUT2D eigenvalue weighted by Crippen LogP contribution is -2.16. The molecule has 17 heavy (non-hydrogen) atoms. The smallest absolute Gasteiger partial charge is 0.231 e. The van der Waals surface area contributed by atoms with Gasteiger partial charge in [-0.1, -0.05) is 23.8 Å². The van der Waals surface area contributed by atoms with E-state index < -0.39 is 0 Å². The zero-order valence-corrected chi connectivity index (χ0v) is 9.95. The van der Waals surface area contributed by atoms with E-state index in [-0.39, 0.29) is 5.91 Å². The average Bonchev–Trinajstić information content (AvgIpc) is 2.76. The van der Waals surface area contributed by atoms with Crippen molar-refractivity contribution >= 4 is 11.9 Å². The number of nitrogens with zero attached hydrogens (tertiary/aromatic N) is 1. The van der Waals surface area contributed by atoms with Gasteiger partial charge in [-0.2, -0.15) is 0 Å². The topological polar surface area (TPSA) is 57.8 Å². The van der Waals surface area contributed by atoms with Gasteiger partial charge in [0.25, 0.3) is 0 Å². The number of H-pyrrole nitrogens is 1. The first-order chi connectivity index (χ1) is 8.15. The average molecular weight is 229 g/mol. The molecule has 0 aliphatic rings. The summed E-state index contributed by atoms with van der Waals surface area (Å²) in [5, 5.41) is 2.71. The number of carbonyl (C=O) groups excluding carboxylic acids is 1. The number of amides is 1. The van der Waals surface area contributed by atoms with Crippen LogP contribution in [0.2, 0.25) is 0 Å². The summed E-state index contributed by atoms with van der Waals surface area (Å²) in [7, 11) is 0. The predicted molar refractivity (Wildman–Crippen MR) is 66.8 cm³/mol. The van der Waals surface area contributed by atoms with E-state index in [0.29, 0.717) is 12.4 Å². The van der Waals surface area contributed by atoms with Crippen LogP contribution in [0.25, 0.3) is 0 Å². The summed E-state index contributed by atoms with van der Waals surface area (Å²) in [5.41, 5.74) is 3.34. The van der Waals surface area contributed by atoms with Crippen LogP contribution in [0.1, 0.15) is 16.7 Å². The molecule has 0 saturated carbocycles. The van der Waals surface area contributed by atoms with Crippen molar-refractivity contribution in [3.63, 3.8) is 0 Å². The lowest BCUT2D eigenvalue weighted by Gasteiger charge is -2.06. The molecule has 4 nitrogen and oxygen atoms in total. The van der Waals surface area contributed by atoms with Gasteiger partial charge in [0.05, 0.1) is 6.42 Å². The van der Waals surface area contributed by atoms with Crippen LogP contribution in [-0.4, -0.2) is 15.9 Å². The van der Waals surface area contributed by atoms with Gasteiger partial charge < -0.3 is 4.98 Å². The van der Waals surface area contributed by atoms with Crippen LogP contribution in [0, 0.1) is 13.8 Å². The normalized spacial score (nSPS) is 10.2. The van der Waals surface area contributed by atoms with Gasteiger partial charge in [0, 0.05) is 12.4 Å². The first-order valence-electron chi connectivity index (χ1n) is 5.50. The van der Waals surface area contributed by atoms with Gasteiger partial charge >= 0.3 is 0 Å². The van der Waals surface area contributed by atoms with E-state index in [1.807, 2.05) is 32.0 Å². The third kappa shape index (κ3) is 2.93. The summed E-state index contributed by atoms with van der Waals surface area (Å²) in [4.78, 5) is 18.6. The minimum Gasteiger partial charge on any atom is -0.331 e. The van der Waals surface area contributed by atoms with E-state index in [4.69, 9.17) is 0 Å². The molecule has 88 valence electrons. The Morgan fingerprint density at radius 1 is 1.41 bits per heavy atom. The number of hydrogen-bond donors (Lipinski definition) is 2. The zero-order valence-electron chi connectivity index (χ0n) is 9.95. The number of aryl methyl sites for hydroxylation is 2. The van der Waals surface area contributed by atoms with Crippen molar-refractivity contribution < 1.29 is 4.79 Å². The van der Waals surface area contributed by atoms with E-state index in [0.717, 1.165) is 16.7 Å². The number of aromatic amines is 1. The number of hydrogen-bond acceptors (Lipinski definition) is 2. The van der Waals surface area contributed by atoms with Crippen molar-refractivity contribution in [1.29, 1.82) is 0 Å². The van der Waals surface area contributed by atoms with Crippen LogP contribution in [0.3, 0.4) is 0 Å². The van der Waals surface area contributed by atoms with Crippen molar-refractivity contribution in [2.75, 3.05) is 5.32 Å². The molecule has 4 heteroatoms. The highest BCUT2D eigenvalue weighted by Crippen LogP contribution is 2.11. The van der Waals surface area contributed by atoms with Crippen molar-refractivity contribution in [3.8, 4) is 0 Å². The highest BCUT2D eigenvalue weighted by molar-refractivity contribution is 5.90. The molecule has 1 amide bonds. The molecule has 0 fully saturated rings. The molecule has 1 heterocycles. The molecule has 0 radical (unpaired) electrons. The van der Waals surface area contributed by atoms with Crippen LogP contribution < -0.4 is 5.32 Å². The molecule has 0 unspecified atom stereocenters. The fraction of sp³-hybridized carbons (Fsp3) is 0.231. The molecule has 2 rings (SSSR count). The van der Waals surface area contributed by atoms with E-state index >= 15 is 0 Å². The van der Waals surface area contributed by atoms with Gasteiger partial charge in [0.2, 0.25) is 11.9 Å². The van der Waals surface area contributed by atoms with Crippen LogP contribution >= 0.6 is 0 Å². The first kappa shape index (κ1) is 11.4. The second-order valence-electron chi connectivity index (χ2n) is 4.09. The Morgan fingerprint density at radius 3 is 2.94 bits per heavy atom. The largest absolute Gasteiger partial charge is 0.331 e. The molecule has 0 spiro atoms. The summed E-state index contributed by atoms with van der Waals surface area (Å²) < 4.78 is 0. The van der Waals surface area contributed by atoms with Gasteiger partial charge in [-0.3, -0.25) is 10.1 Å². The second-order valence-corrected chi connectivity index (χ2v) is 4.09. The molecule has 2 N–H and O–H groups in total. The summed E-state index contributed by atoms with van der Waals surface area (Å²) >= 11 is 0. The Morgan fingerprint density at radius 2 is 2.24 bits per heavy atom. The molecule has 0 aliphatic carbocycles. The van der Waals surface area contributed by atoms with E-state index in [1.165, 1.54) is 0 Å². The number of benzene rings is 1. The van der Waals surface area contributed by atoms with Gasteiger partial charge in [0.15, 0.2) is 0 Å². The van der Waals surface area contributed by atoms with Crippen molar-refractivity contribution in [3.05, 3.63) is 47.3 Å². The Hall–Kier alpha value is -2.10.